The van der Waals surface area contributed by atoms with Crippen molar-refractivity contribution in [2.24, 2.45) is 0 Å². The SMILES string of the molecule is CCCCCC[N+](CCCCCC)(CCCCCC)CCCCCC.[O]=[V](=[O])[OH]. The third-order valence-electron chi connectivity index (χ3n) is 5.94. The van der Waals surface area contributed by atoms with E-state index in [0.717, 1.165) is 0 Å². The monoisotopic (exact) mass is 454 g/mol. The van der Waals surface area contributed by atoms with Gasteiger partial charge in [0.15, 0.2) is 0 Å². The van der Waals surface area contributed by atoms with Crippen LogP contribution in [0.2, 0.25) is 0 Å². The third kappa shape index (κ3) is 24.2. The Labute approximate surface area is 187 Å². The Morgan fingerprint density at radius 1 is 0.483 bits per heavy atom. The average Bonchev–Trinajstić information content (AvgIpc) is 2.69. The van der Waals surface area contributed by atoms with Crippen molar-refractivity contribution in [3.05, 3.63) is 0 Å². The number of quaternary nitrogens is 1. The summed E-state index contributed by atoms with van der Waals surface area (Å²) in [5.74, 6) is 0. The van der Waals surface area contributed by atoms with Crippen LogP contribution in [0.1, 0.15) is 130 Å². The third-order valence-corrected chi connectivity index (χ3v) is 5.94. The van der Waals surface area contributed by atoms with Gasteiger partial charge in [-0.25, -0.2) is 0 Å². The van der Waals surface area contributed by atoms with Crippen LogP contribution in [-0.2, 0) is 22.7 Å². The zero-order valence-corrected chi connectivity index (χ0v) is 21.7. The second-order valence-electron chi connectivity index (χ2n) is 8.72. The molecule has 0 aliphatic heterocycles. The van der Waals surface area contributed by atoms with Gasteiger partial charge >= 0.3 is 26.8 Å². The van der Waals surface area contributed by atoms with Crippen LogP contribution in [-0.4, -0.2) is 34.7 Å². The van der Waals surface area contributed by atoms with Crippen LogP contribution in [0, 0.1) is 0 Å². The molecular formula is C24H53NO3V+. The quantitative estimate of drug-likeness (QED) is 0.155. The molecule has 0 radical (unpaired) electrons. The Morgan fingerprint density at radius 2 is 0.690 bits per heavy atom. The van der Waals surface area contributed by atoms with Crippen LogP contribution in [0.3, 0.4) is 0 Å². The molecule has 29 heavy (non-hydrogen) atoms. The van der Waals surface area contributed by atoms with E-state index in [4.69, 9.17) is 11.4 Å². The maximum atomic E-state index is 8.67. The first-order chi connectivity index (χ1) is 14.0. The molecule has 0 bridgehead atoms. The van der Waals surface area contributed by atoms with E-state index in [1.807, 2.05) is 0 Å². The topological polar surface area (TPSA) is 54.4 Å². The molecule has 0 aliphatic carbocycles. The molecule has 4 nitrogen and oxygen atoms in total. The first-order valence-electron chi connectivity index (χ1n) is 12.7. The van der Waals surface area contributed by atoms with Gasteiger partial charge in [0.1, 0.15) is 0 Å². The normalized spacial score (nSPS) is 11.2. The van der Waals surface area contributed by atoms with Crippen LogP contribution in [0.5, 0.6) is 0 Å². The molecule has 0 unspecified atom stereocenters. The molecule has 0 fully saturated rings. The van der Waals surface area contributed by atoms with Crippen molar-refractivity contribution < 1.29 is 31.3 Å². The Balaban J connectivity index is 0. The summed E-state index contributed by atoms with van der Waals surface area (Å²) >= 11 is -3.69. The van der Waals surface area contributed by atoms with Gasteiger partial charge in [0, 0.05) is 0 Å². The Bertz CT molecular complexity index is 325. The minimum atomic E-state index is -3.69. The Morgan fingerprint density at radius 3 is 0.862 bits per heavy atom. The van der Waals surface area contributed by atoms with Crippen molar-refractivity contribution >= 4 is 0 Å². The van der Waals surface area contributed by atoms with Gasteiger partial charge in [-0.1, -0.05) is 79.1 Å². The van der Waals surface area contributed by atoms with Gasteiger partial charge < -0.3 is 4.48 Å². The molecule has 0 aromatic carbocycles. The Kier molecular flexibility index (Phi) is 26.3. The van der Waals surface area contributed by atoms with E-state index in [0.29, 0.717) is 0 Å². The zero-order valence-electron chi connectivity index (χ0n) is 20.3. The van der Waals surface area contributed by atoms with Crippen LogP contribution in [0.25, 0.3) is 0 Å². The van der Waals surface area contributed by atoms with E-state index in [1.165, 1.54) is 133 Å². The van der Waals surface area contributed by atoms with Crippen molar-refractivity contribution in [2.45, 2.75) is 130 Å². The molecule has 0 aromatic rings. The van der Waals surface area contributed by atoms with Gasteiger partial charge in [-0.15, -0.1) is 0 Å². The van der Waals surface area contributed by atoms with Crippen molar-refractivity contribution in [2.75, 3.05) is 26.2 Å². The number of rotatable bonds is 20. The molecule has 0 atom stereocenters. The number of nitrogens with zero attached hydrogens (tertiary/aromatic N) is 1. The molecule has 0 saturated carbocycles. The van der Waals surface area contributed by atoms with Crippen molar-refractivity contribution in [3.8, 4) is 0 Å². The summed E-state index contributed by atoms with van der Waals surface area (Å²) in [5.41, 5.74) is 0. The predicted octanol–water partition coefficient (Wildman–Crippen LogP) is 7.33. The van der Waals surface area contributed by atoms with E-state index in [1.54, 1.807) is 0 Å². The van der Waals surface area contributed by atoms with E-state index in [9.17, 15) is 0 Å². The number of hydrogen-bond acceptors (Lipinski definition) is 2. The average molecular weight is 455 g/mol. The molecule has 0 aromatic heterocycles. The molecule has 176 valence electrons. The van der Waals surface area contributed by atoms with Gasteiger partial charge in [-0.2, -0.15) is 0 Å². The van der Waals surface area contributed by atoms with Crippen molar-refractivity contribution in [1.82, 2.24) is 0 Å². The second-order valence-corrected chi connectivity index (χ2v) is 9.46. The summed E-state index contributed by atoms with van der Waals surface area (Å²) < 4.78 is 25.9. The number of hydrogen-bond donors (Lipinski definition) is 1. The summed E-state index contributed by atoms with van der Waals surface area (Å²) in [5, 5.41) is 0. The predicted molar refractivity (Wildman–Crippen MR) is 120 cm³/mol. The first-order valence-corrected chi connectivity index (χ1v) is 14.4. The van der Waals surface area contributed by atoms with Crippen LogP contribution >= 0.6 is 0 Å². The van der Waals surface area contributed by atoms with Crippen molar-refractivity contribution in [1.29, 1.82) is 0 Å². The fraction of sp³-hybridized carbons (Fsp3) is 1.00. The molecule has 0 rings (SSSR count). The maximum absolute atomic E-state index is 8.67. The molecule has 0 heterocycles. The van der Waals surface area contributed by atoms with Gasteiger partial charge in [-0.3, -0.25) is 0 Å². The van der Waals surface area contributed by atoms with E-state index in [-0.39, 0.29) is 0 Å². The van der Waals surface area contributed by atoms with Gasteiger partial charge in [-0.05, 0) is 51.4 Å². The molecular weight excluding hydrogens is 401 g/mol. The summed E-state index contributed by atoms with van der Waals surface area (Å²) in [6.07, 6.45) is 22.8. The molecule has 5 heteroatoms. The summed E-state index contributed by atoms with van der Waals surface area (Å²) in [4.78, 5) is 0. The molecule has 0 saturated heterocycles. The number of unbranched alkanes of at least 4 members (excludes halogenated alkanes) is 12. The summed E-state index contributed by atoms with van der Waals surface area (Å²) in [7, 11) is 0. The summed E-state index contributed by atoms with van der Waals surface area (Å²) in [6.45, 7) is 15.2. The van der Waals surface area contributed by atoms with Gasteiger partial charge in [0.05, 0.1) is 26.2 Å². The van der Waals surface area contributed by atoms with Crippen LogP contribution in [0.15, 0.2) is 0 Å². The van der Waals surface area contributed by atoms with Gasteiger partial charge in [0.25, 0.3) is 0 Å². The second kappa shape index (κ2) is 24.4. The molecule has 1 N–H and O–H groups in total. The fourth-order valence-corrected chi connectivity index (χ4v) is 4.17. The van der Waals surface area contributed by atoms with E-state index >= 15 is 0 Å². The zero-order chi connectivity index (χ0) is 22.2. The fourth-order valence-electron chi connectivity index (χ4n) is 4.17. The molecule has 0 amide bonds. The Hall–Kier alpha value is 0.104. The summed E-state index contributed by atoms with van der Waals surface area (Å²) in [6, 6.07) is 0. The van der Waals surface area contributed by atoms with E-state index < -0.39 is 15.4 Å². The first kappa shape index (κ1) is 31.3. The van der Waals surface area contributed by atoms with Crippen LogP contribution in [0.4, 0.5) is 0 Å². The van der Waals surface area contributed by atoms with Crippen LogP contribution < -0.4 is 0 Å². The minimum absolute atomic E-state index is 1.36. The van der Waals surface area contributed by atoms with Crippen molar-refractivity contribution in [3.63, 3.8) is 0 Å². The van der Waals surface area contributed by atoms with Gasteiger partial charge in [0.2, 0.25) is 0 Å². The van der Waals surface area contributed by atoms with E-state index in [2.05, 4.69) is 27.7 Å². The molecule has 0 aliphatic rings. The molecule has 0 spiro atoms. The standard InChI is InChI=1S/C24H52N.H2O.2O.V/c1-5-9-13-17-21-25(22-18-14-10-6-2,23-19-15-11-7-3)24-20-16-12-8-4;;;;/h5-24H2,1-4H3;1H2;;;/q+1;;;;+1/p-1.